The molecule has 2 rings (SSSR count). The molecule has 6 nitrogen and oxygen atoms in total. The monoisotopic (exact) mass is 356 g/mol. The fourth-order valence-corrected chi connectivity index (χ4v) is 3.12. The summed E-state index contributed by atoms with van der Waals surface area (Å²) in [6.45, 7) is 8.30. The van der Waals surface area contributed by atoms with E-state index in [1.54, 1.807) is 13.8 Å². The number of nitrogens with one attached hydrogen (secondary N) is 2. The molecule has 2 aromatic rings. The number of aryl methyl sites for hydroxylation is 2. The number of ketones is 1. The van der Waals surface area contributed by atoms with Gasteiger partial charge in [-0.15, -0.1) is 0 Å². The summed E-state index contributed by atoms with van der Waals surface area (Å²) in [5, 5.41) is 2.81. The van der Waals surface area contributed by atoms with Crippen LogP contribution in [0.25, 0.3) is 0 Å². The zero-order valence-corrected chi connectivity index (χ0v) is 15.7. The molecule has 1 heterocycles. The number of hydrogen-bond acceptors (Lipinski definition) is 4. The first-order valence-electron chi connectivity index (χ1n) is 8.44. The molecule has 1 amide bonds. The Kier molecular flexibility index (Phi) is 5.97. The Balaban J connectivity index is 1.97. The Morgan fingerprint density at radius 2 is 1.81 bits per heavy atom. The first-order chi connectivity index (χ1) is 12.2. The van der Waals surface area contributed by atoms with Crippen molar-refractivity contribution in [1.29, 1.82) is 0 Å². The van der Waals surface area contributed by atoms with Crippen LogP contribution in [0.1, 0.15) is 63.1 Å². The molecule has 0 bridgehead atoms. The average Bonchev–Trinajstić information content (AvgIpc) is 2.87. The first-order valence-corrected chi connectivity index (χ1v) is 8.44. The van der Waals surface area contributed by atoms with Crippen LogP contribution >= 0.6 is 0 Å². The Labute approximate surface area is 152 Å². The average molecular weight is 356 g/mol. The second-order valence-corrected chi connectivity index (χ2v) is 6.40. The van der Waals surface area contributed by atoms with Gasteiger partial charge >= 0.3 is 5.97 Å². The number of aromatic nitrogens is 1. The van der Waals surface area contributed by atoms with E-state index in [2.05, 4.69) is 10.3 Å². The molecule has 1 aromatic carbocycles. The van der Waals surface area contributed by atoms with Gasteiger partial charge in [-0.1, -0.05) is 24.3 Å². The molecule has 26 heavy (non-hydrogen) atoms. The maximum absolute atomic E-state index is 12.2. The van der Waals surface area contributed by atoms with Gasteiger partial charge in [0, 0.05) is 11.3 Å². The molecule has 1 atom stereocenters. The zero-order valence-electron chi connectivity index (χ0n) is 15.7. The van der Waals surface area contributed by atoms with E-state index in [1.165, 1.54) is 6.92 Å². The van der Waals surface area contributed by atoms with Crippen molar-refractivity contribution in [3.05, 3.63) is 57.9 Å². The lowest BCUT2D eigenvalue weighted by Crippen LogP contribution is -2.31. The van der Waals surface area contributed by atoms with Crippen LogP contribution in [0.2, 0.25) is 0 Å². The van der Waals surface area contributed by atoms with Gasteiger partial charge in [0.1, 0.15) is 5.69 Å². The molecule has 0 fully saturated rings. The Morgan fingerprint density at radius 1 is 1.15 bits per heavy atom. The van der Waals surface area contributed by atoms with Crippen molar-refractivity contribution in [1.82, 2.24) is 10.3 Å². The number of carbonyl (C=O) groups excluding carboxylic acids is 3. The van der Waals surface area contributed by atoms with Gasteiger partial charge in [-0.05, 0) is 51.3 Å². The normalized spacial score (nSPS) is 11.7. The number of rotatable bonds is 6. The molecule has 1 aromatic heterocycles. The summed E-state index contributed by atoms with van der Waals surface area (Å²) in [7, 11) is 0. The fourth-order valence-electron chi connectivity index (χ4n) is 3.12. The highest BCUT2D eigenvalue weighted by atomic mass is 16.5. The van der Waals surface area contributed by atoms with Crippen molar-refractivity contribution in [2.45, 2.75) is 40.7 Å². The quantitative estimate of drug-likeness (QED) is 0.615. The van der Waals surface area contributed by atoms with E-state index in [1.807, 2.05) is 38.1 Å². The minimum absolute atomic E-state index is 0.125. The van der Waals surface area contributed by atoms with Crippen LogP contribution < -0.4 is 5.32 Å². The van der Waals surface area contributed by atoms with Crippen LogP contribution in [0.3, 0.4) is 0 Å². The standard InChI is InChI=1S/C20H24N2O4/c1-11-8-6-7-9-16(11)13(3)21-17(24)10-26-20(25)19-12(2)18(15(5)23)14(4)22-19/h6-9,13,22H,10H2,1-5H3,(H,21,24). The van der Waals surface area contributed by atoms with Crippen molar-refractivity contribution in [2.24, 2.45) is 0 Å². The maximum Gasteiger partial charge on any atom is 0.355 e. The van der Waals surface area contributed by atoms with E-state index >= 15 is 0 Å². The number of benzene rings is 1. The molecule has 0 aliphatic carbocycles. The number of carbonyl (C=O) groups is 3. The summed E-state index contributed by atoms with van der Waals surface area (Å²) in [4.78, 5) is 38.8. The maximum atomic E-state index is 12.2. The molecule has 0 radical (unpaired) electrons. The third-order valence-corrected chi connectivity index (χ3v) is 4.36. The third kappa shape index (κ3) is 4.20. The van der Waals surface area contributed by atoms with Gasteiger partial charge in [0.25, 0.3) is 5.91 Å². The van der Waals surface area contributed by atoms with Crippen molar-refractivity contribution < 1.29 is 19.1 Å². The molecule has 0 saturated heterocycles. The molecule has 1 unspecified atom stereocenters. The lowest BCUT2D eigenvalue weighted by Gasteiger charge is -2.16. The van der Waals surface area contributed by atoms with Crippen LogP contribution in [0.15, 0.2) is 24.3 Å². The van der Waals surface area contributed by atoms with Gasteiger partial charge < -0.3 is 15.0 Å². The van der Waals surface area contributed by atoms with E-state index in [0.29, 0.717) is 16.8 Å². The topological polar surface area (TPSA) is 88.3 Å². The van der Waals surface area contributed by atoms with E-state index in [-0.39, 0.29) is 30.0 Å². The van der Waals surface area contributed by atoms with Crippen LogP contribution in [-0.2, 0) is 9.53 Å². The predicted molar refractivity (Wildman–Crippen MR) is 98.3 cm³/mol. The fraction of sp³-hybridized carbons (Fsp3) is 0.350. The summed E-state index contributed by atoms with van der Waals surface area (Å²) in [5.74, 6) is -1.17. The third-order valence-electron chi connectivity index (χ3n) is 4.36. The van der Waals surface area contributed by atoms with Crippen LogP contribution in [0.4, 0.5) is 0 Å². The van der Waals surface area contributed by atoms with Gasteiger partial charge in [-0.2, -0.15) is 0 Å². The zero-order chi connectivity index (χ0) is 19.4. The Hall–Kier alpha value is -2.89. The Bertz CT molecular complexity index is 851. The predicted octanol–water partition coefficient (Wildman–Crippen LogP) is 3.18. The molecule has 0 aliphatic heterocycles. The van der Waals surface area contributed by atoms with E-state index in [4.69, 9.17) is 4.74 Å². The molecule has 0 spiro atoms. The number of Topliss-reactive ketones (excluding diaryl/α,β-unsaturated/α-hetero) is 1. The molecule has 2 N–H and O–H groups in total. The van der Waals surface area contributed by atoms with Gasteiger partial charge in [-0.25, -0.2) is 4.79 Å². The van der Waals surface area contributed by atoms with Crippen molar-refractivity contribution in [3.63, 3.8) is 0 Å². The summed E-state index contributed by atoms with van der Waals surface area (Å²) in [5.41, 5.74) is 3.91. The highest BCUT2D eigenvalue weighted by Gasteiger charge is 2.21. The number of amides is 1. The first kappa shape index (κ1) is 19.4. The summed E-state index contributed by atoms with van der Waals surface area (Å²) in [6, 6.07) is 7.57. The second-order valence-electron chi connectivity index (χ2n) is 6.40. The lowest BCUT2D eigenvalue weighted by molar-refractivity contribution is -0.124. The van der Waals surface area contributed by atoms with Gasteiger partial charge in [-0.3, -0.25) is 9.59 Å². The highest BCUT2D eigenvalue weighted by molar-refractivity contribution is 6.01. The summed E-state index contributed by atoms with van der Waals surface area (Å²) in [6.07, 6.45) is 0. The lowest BCUT2D eigenvalue weighted by atomic mass is 10.0. The smallest absolute Gasteiger partial charge is 0.355 e. The number of hydrogen-bond donors (Lipinski definition) is 2. The molecular weight excluding hydrogens is 332 g/mol. The number of ether oxygens (including phenoxy) is 1. The second kappa shape index (κ2) is 7.99. The molecule has 0 saturated carbocycles. The molecular formula is C20H24N2O4. The largest absolute Gasteiger partial charge is 0.451 e. The minimum atomic E-state index is -0.656. The van der Waals surface area contributed by atoms with Crippen molar-refractivity contribution in [3.8, 4) is 0 Å². The van der Waals surface area contributed by atoms with Gasteiger partial charge in [0.05, 0.1) is 6.04 Å². The SMILES string of the molecule is CC(=O)c1c(C)[nH]c(C(=O)OCC(=O)NC(C)c2ccccc2C)c1C. The van der Waals surface area contributed by atoms with Crippen molar-refractivity contribution >= 4 is 17.7 Å². The van der Waals surface area contributed by atoms with E-state index in [9.17, 15) is 14.4 Å². The molecule has 138 valence electrons. The molecule has 6 heteroatoms. The van der Waals surface area contributed by atoms with Gasteiger partial charge in [0.15, 0.2) is 12.4 Å². The van der Waals surface area contributed by atoms with Crippen LogP contribution in [0.5, 0.6) is 0 Å². The Morgan fingerprint density at radius 3 is 2.38 bits per heavy atom. The minimum Gasteiger partial charge on any atom is -0.451 e. The van der Waals surface area contributed by atoms with E-state index < -0.39 is 5.97 Å². The molecule has 0 aliphatic rings. The van der Waals surface area contributed by atoms with E-state index in [0.717, 1.165) is 11.1 Å². The summed E-state index contributed by atoms with van der Waals surface area (Å²) >= 11 is 0. The van der Waals surface area contributed by atoms with Crippen molar-refractivity contribution in [2.75, 3.05) is 6.61 Å². The summed E-state index contributed by atoms with van der Waals surface area (Å²) < 4.78 is 5.09. The van der Waals surface area contributed by atoms with Crippen LogP contribution in [0, 0.1) is 20.8 Å². The number of esters is 1. The number of H-pyrrole nitrogens is 1. The highest BCUT2D eigenvalue weighted by Crippen LogP contribution is 2.19. The number of aromatic amines is 1. The van der Waals surface area contributed by atoms with Crippen LogP contribution in [-0.4, -0.2) is 29.3 Å². The van der Waals surface area contributed by atoms with Gasteiger partial charge in [0.2, 0.25) is 0 Å².